The molecule has 1 aliphatic rings. The number of hydrogen-bond acceptors (Lipinski definition) is 7. The SMILES string of the molecule is Cn1cc(-c2cccc(-c3ncc(-c4cnn(C)c4)c(N[C@@H]4CC[C@H](NS(C)(=O)=O)C4)n3)c2)cn1. The van der Waals surface area contributed by atoms with E-state index in [9.17, 15) is 8.42 Å². The van der Waals surface area contributed by atoms with Gasteiger partial charge in [0, 0.05) is 67.0 Å². The highest BCUT2D eigenvalue weighted by atomic mass is 32.2. The molecule has 1 aromatic carbocycles. The van der Waals surface area contributed by atoms with Crippen LogP contribution in [0.4, 0.5) is 5.82 Å². The van der Waals surface area contributed by atoms with Crippen molar-refractivity contribution in [2.24, 2.45) is 14.1 Å². The number of rotatable bonds is 7. The zero-order valence-corrected chi connectivity index (χ0v) is 20.7. The van der Waals surface area contributed by atoms with Gasteiger partial charge in [-0.3, -0.25) is 9.36 Å². The summed E-state index contributed by atoms with van der Waals surface area (Å²) in [7, 11) is 0.522. The first-order valence-corrected chi connectivity index (χ1v) is 13.3. The predicted molar refractivity (Wildman–Crippen MR) is 135 cm³/mol. The molecule has 182 valence electrons. The van der Waals surface area contributed by atoms with Crippen molar-refractivity contribution in [2.75, 3.05) is 11.6 Å². The van der Waals surface area contributed by atoms with Crippen molar-refractivity contribution in [2.45, 2.75) is 31.3 Å². The summed E-state index contributed by atoms with van der Waals surface area (Å²) >= 11 is 0. The molecule has 1 aliphatic carbocycles. The van der Waals surface area contributed by atoms with Crippen LogP contribution in [-0.4, -0.2) is 56.3 Å². The molecule has 11 heteroatoms. The summed E-state index contributed by atoms with van der Waals surface area (Å²) in [6.45, 7) is 0. The number of benzene rings is 1. The third-order valence-electron chi connectivity index (χ3n) is 6.12. The van der Waals surface area contributed by atoms with Crippen molar-refractivity contribution in [3.8, 4) is 33.6 Å². The molecule has 0 aliphatic heterocycles. The van der Waals surface area contributed by atoms with E-state index in [0.717, 1.165) is 40.7 Å². The Kier molecular flexibility index (Phi) is 6.12. The first-order valence-electron chi connectivity index (χ1n) is 11.4. The Labute approximate surface area is 204 Å². The maximum absolute atomic E-state index is 11.7. The Hall–Kier alpha value is -3.57. The molecule has 3 heterocycles. The van der Waals surface area contributed by atoms with Crippen molar-refractivity contribution in [3.63, 3.8) is 0 Å². The van der Waals surface area contributed by atoms with Crippen molar-refractivity contribution < 1.29 is 8.42 Å². The minimum atomic E-state index is -3.24. The third kappa shape index (κ3) is 5.41. The maximum atomic E-state index is 11.7. The van der Waals surface area contributed by atoms with Gasteiger partial charge in [0.25, 0.3) is 0 Å². The van der Waals surface area contributed by atoms with Gasteiger partial charge in [0.1, 0.15) is 5.82 Å². The molecule has 1 saturated carbocycles. The number of sulfonamides is 1. The summed E-state index contributed by atoms with van der Waals surface area (Å²) in [6.07, 6.45) is 12.8. The van der Waals surface area contributed by atoms with Crippen LogP contribution in [0.15, 0.2) is 55.2 Å². The van der Waals surface area contributed by atoms with Crippen LogP contribution in [0.3, 0.4) is 0 Å². The van der Waals surface area contributed by atoms with Crippen molar-refractivity contribution in [1.29, 1.82) is 0 Å². The Balaban J connectivity index is 1.47. The number of aryl methyl sites for hydroxylation is 2. The normalized spacial score (nSPS) is 18.1. The molecule has 4 aromatic rings. The van der Waals surface area contributed by atoms with Gasteiger partial charge in [-0.1, -0.05) is 18.2 Å². The molecule has 0 unspecified atom stereocenters. The van der Waals surface area contributed by atoms with Gasteiger partial charge in [-0.15, -0.1) is 0 Å². The average molecular weight is 493 g/mol. The van der Waals surface area contributed by atoms with Crippen LogP contribution >= 0.6 is 0 Å². The fourth-order valence-electron chi connectivity index (χ4n) is 4.53. The Morgan fingerprint density at radius 3 is 2.29 bits per heavy atom. The topological polar surface area (TPSA) is 120 Å². The Morgan fingerprint density at radius 2 is 1.60 bits per heavy atom. The van der Waals surface area contributed by atoms with Gasteiger partial charge in [0.15, 0.2) is 5.82 Å². The molecule has 0 radical (unpaired) electrons. The molecule has 0 amide bonds. The van der Waals surface area contributed by atoms with Gasteiger partial charge in [0.05, 0.1) is 18.6 Å². The first kappa shape index (κ1) is 23.2. The van der Waals surface area contributed by atoms with Crippen molar-refractivity contribution in [3.05, 3.63) is 55.2 Å². The van der Waals surface area contributed by atoms with Crippen molar-refractivity contribution in [1.82, 2.24) is 34.3 Å². The summed E-state index contributed by atoms with van der Waals surface area (Å²) in [6, 6.07) is 8.08. The van der Waals surface area contributed by atoms with Crippen LogP contribution < -0.4 is 10.0 Å². The van der Waals surface area contributed by atoms with E-state index in [0.29, 0.717) is 18.1 Å². The lowest BCUT2D eigenvalue weighted by atomic mass is 10.1. The van der Waals surface area contributed by atoms with E-state index in [1.54, 1.807) is 15.6 Å². The molecule has 3 aromatic heterocycles. The van der Waals surface area contributed by atoms with Crippen LogP contribution in [0.2, 0.25) is 0 Å². The second-order valence-electron chi connectivity index (χ2n) is 9.08. The standard InChI is InChI=1S/C24H28N8O2S/c1-31-14-18(11-26-31)16-5-4-6-17(9-16)23-25-13-22(19-12-27-32(2)15-19)24(29-23)28-20-7-8-21(10-20)30-35(3,33)34/h4-6,9,11-15,20-21,30H,7-8,10H2,1-3H3,(H,25,28,29)/t20-,21+/m1/s1. The second kappa shape index (κ2) is 9.23. The Bertz CT molecular complexity index is 1460. The van der Waals surface area contributed by atoms with Crippen LogP contribution in [0.5, 0.6) is 0 Å². The molecule has 2 atom stereocenters. The second-order valence-corrected chi connectivity index (χ2v) is 10.9. The van der Waals surface area contributed by atoms with E-state index < -0.39 is 10.0 Å². The molecule has 5 rings (SSSR count). The minimum absolute atomic E-state index is 0.0817. The van der Waals surface area contributed by atoms with E-state index in [1.165, 1.54) is 6.26 Å². The molecule has 1 fully saturated rings. The number of nitrogens with zero attached hydrogens (tertiary/aromatic N) is 6. The molecular formula is C24H28N8O2S. The highest BCUT2D eigenvalue weighted by Crippen LogP contribution is 2.32. The van der Waals surface area contributed by atoms with Gasteiger partial charge in [-0.05, 0) is 30.9 Å². The molecule has 0 saturated heterocycles. The summed E-state index contributed by atoms with van der Waals surface area (Å²) in [5.74, 6) is 1.31. The van der Waals surface area contributed by atoms with E-state index in [4.69, 9.17) is 4.98 Å². The number of hydrogen-bond donors (Lipinski definition) is 2. The molecule has 0 spiro atoms. The predicted octanol–water partition coefficient (Wildman–Crippen LogP) is 2.83. The fourth-order valence-corrected chi connectivity index (χ4v) is 5.35. The molecule has 35 heavy (non-hydrogen) atoms. The summed E-state index contributed by atoms with van der Waals surface area (Å²) in [5, 5.41) is 12.1. The monoisotopic (exact) mass is 492 g/mol. The zero-order chi connectivity index (χ0) is 24.6. The van der Waals surface area contributed by atoms with Crippen LogP contribution in [0, 0.1) is 0 Å². The summed E-state index contributed by atoms with van der Waals surface area (Å²) in [5.41, 5.74) is 4.72. The van der Waals surface area contributed by atoms with Crippen LogP contribution in [0.1, 0.15) is 19.3 Å². The highest BCUT2D eigenvalue weighted by Gasteiger charge is 2.28. The maximum Gasteiger partial charge on any atom is 0.208 e. The summed E-state index contributed by atoms with van der Waals surface area (Å²) < 4.78 is 29.6. The lowest BCUT2D eigenvalue weighted by molar-refractivity contribution is 0.556. The number of aromatic nitrogens is 6. The molecule has 0 bridgehead atoms. The molecular weight excluding hydrogens is 464 g/mol. The fraction of sp³-hybridized carbons (Fsp3) is 0.333. The summed E-state index contributed by atoms with van der Waals surface area (Å²) in [4.78, 5) is 9.59. The average Bonchev–Trinajstić information content (AvgIpc) is 3.55. The van der Waals surface area contributed by atoms with E-state index >= 15 is 0 Å². The lowest BCUT2D eigenvalue weighted by Gasteiger charge is -2.17. The van der Waals surface area contributed by atoms with Gasteiger partial charge in [0.2, 0.25) is 10.0 Å². The number of anilines is 1. The van der Waals surface area contributed by atoms with Crippen molar-refractivity contribution >= 4 is 15.8 Å². The quantitative estimate of drug-likeness (QED) is 0.407. The molecule has 10 nitrogen and oxygen atoms in total. The largest absolute Gasteiger partial charge is 0.367 e. The van der Waals surface area contributed by atoms with Gasteiger partial charge in [-0.25, -0.2) is 23.1 Å². The lowest BCUT2D eigenvalue weighted by Crippen LogP contribution is -2.33. The number of nitrogens with one attached hydrogen (secondary N) is 2. The highest BCUT2D eigenvalue weighted by molar-refractivity contribution is 7.88. The van der Waals surface area contributed by atoms with Crippen LogP contribution in [0.25, 0.3) is 33.6 Å². The smallest absolute Gasteiger partial charge is 0.208 e. The Morgan fingerprint density at radius 1 is 0.914 bits per heavy atom. The zero-order valence-electron chi connectivity index (χ0n) is 19.9. The third-order valence-corrected chi connectivity index (χ3v) is 6.88. The van der Waals surface area contributed by atoms with Crippen LogP contribution in [-0.2, 0) is 24.1 Å². The van der Waals surface area contributed by atoms with E-state index in [1.807, 2.05) is 57.1 Å². The van der Waals surface area contributed by atoms with Gasteiger partial charge in [-0.2, -0.15) is 10.2 Å². The first-order chi connectivity index (χ1) is 16.7. The van der Waals surface area contributed by atoms with E-state index in [-0.39, 0.29) is 12.1 Å². The van der Waals surface area contributed by atoms with Gasteiger partial charge >= 0.3 is 0 Å². The minimum Gasteiger partial charge on any atom is -0.367 e. The molecule has 2 N–H and O–H groups in total. The van der Waals surface area contributed by atoms with E-state index in [2.05, 4.69) is 31.3 Å². The van der Waals surface area contributed by atoms with Gasteiger partial charge < -0.3 is 5.32 Å².